The van der Waals surface area contributed by atoms with Gasteiger partial charge >= 0.3 is 0 Å². The van der Waals surface area contributed by atoms with Crippen LogP contribution in [0, 0.1) is 0 Å². The van der Waals surface area contributed by atoms with Crippen molar-refractivity contribution in [3.63, 3.8) is 0 Å². The molecule has 0 aliphatic carbocycles. The summed E-state index contributed by atoms with van der Waals surface area (Å²) >= 11 is 0. The van der Waals surface area contributed by atoms with Crippen molar-refractivity contribution in [3.05, 3.63) is 401 Å². The third-order valence-electron chi connectivity index (χ3n) is 16.4. The van der Waals surface area contributed by atoms with Gasteiger partial charge in [0.1, 0.15) is 0 Å². The largest absolute Gasteiger partial charge is 0.354 e. The molecule has 398 valence electrons. The third kappa shape index (κ3) is 8.48. The number of hydrogen-bond acceptors (Lipinski definition) is 0. The first-order valence-electron chi connectivity index (χ1n) is 28.5. The first-order chi connectivity index (χ1) is 41.6. The molecule has 0 unspecified atom stereocenters. The van der Waals surface area contributed by atoms with Crippen molar-refractivity contribution in [3.8, 4) is 0 Å². The first kappa shape index (κ1) is 48.4. The van der Waals surface area contributed by atoms with Gasteiger partial charge in [0.25, 0.3) is 0 Å². The molecule has 0 amide bonds. The molecule has 8 aromatic heterocycles. The predicted molar refractivity (Wildman–Crippen MR) is 337 cm³/mol. The molecule has 0 radical (unpaired) electrons. The monoisotopic (exact) mass is 1080 g/mol. The summed E-state index contributed by atoms with van der Waals surface area (Å²) in [5, 5.41) is 7.74. The van der Waals surface area contributed by atoms with Gasteiger partial charge in [0, 0.05) is 133 Å². The van der Waals surface area contributed by atoms with E-state index in [1.54, 1.807) is 0 Å². The maximum atomic E-state index is 4.08. The Morgan fingerprint density at radius 3 is 0.429 bits per heavy atom. The number of nitrogens with one attached hydrogen (secondary N) is 8. The molecule has 84 heavy (non-hydrogen) atoms. The zero-order chi connectivity index (χ0) is 55.5. The Kier molecular flexibility index (Phi) is 11.7. The quantitative estimate of drug-likeness (QED) is 0.0775. The van der Waals surface area contributed by atoms with Crippen molar-refractivity contribution in [1.29, 1.82) is 0 Å². The Balaban J connectivity index is 1.05. The van der Waals surface area contributed by atoms with Crippen LogP contribution in [0.15, 0.2) is 279 Å². The average molecular weight is 1080 g/mol. The lowest BCUT2D eigenvalue weighted by Gasteiger charge is -2.12. The molecule has 2 aliphatic rings. The van der Waals surface area contributed by atoms with Gasteiger partial charge in [-0.2, -0.15) is 0 Å². The molecule has 16 rings (SSSR count). The smallest absolute Gasteiger partial charge is 0.0487 e. The number of rotatable bonds is 7. The van der Waals surface area contributed by atoms with E-state index in [9.17, 15) is 0 Å². The Morgan fingerprint density at radius 2 is 0.262 bits per heavy atom. The summed E-state index contributed by atoms with van der Waals surface area (Å²) in [6, 6.07) is 99.6. The van der Waals surface area contributed by atoms with Gasteiger partial charge in [-0.1, -0.05) is 182 Å². The van der Waals surface area contributed by atoms with Crippen molar-refractivity contribution in [2.75, 3.05) is 0 Å². The zero-order valence-corrected chi connectivity index (χ0v) is 45.6. The van der Waals surface area contributed by atoms with Gasteiger partial charge in [0.05, 0.1) is 0 Å². The summed E-state index contributed by atoms with van der Waals surface area (Å²) in [6.45, 7) is 0. The highest BCUT2D eigenvalue weighted by Crippen LogP contribution is 2.33. The molecule has 0 spiro atoms. The van der Waals surface area contributed by atoms with E-state index >= 15 is 0 Å². The van der Waals surface area contributed by atoms with Crippen molar-refractivity contribution in [2.45, 2.75) is 0 Å². The molecular formula is C76H54N8. The number of benzene rings is 6. The van der Waals surface area contributed by atoms with Crippen molar-refractivity contribution in [2.24, 2.45) is 0 Å². The van der Waals surface area contributed by atoms with Crippen LogP contribution in [-0.4, -0.2) is 39.9 Å². The second-order valence-electron chi connectivity index (χ2n) is 21.5. The summed E-state index contributed by atoms with van der Waals surface area (Å²) < 4.78 is 0. The van der Waals surface area contributed by atoms with E-state index in [0.717, 1.165) is 166 Å². The second-order valence-corrected chi connectivity index (χ2v) is 21.5. The van der Waals surface area contributed by atoms with E-state index in [-0.39, 0.29) is 0 Å². The fraction of sp³-hybridized carbons (Fsp3) is 0. The van der Waals surface area contributed by atoms with Gasteiger partial charge in [-0.15, -0.1) is 0 Å². The maximum Gasteiger partial charge on any atom is 0.0487 e. The summed E-state index contributed by atoms with van der Waals surface area (Å²) in [6.07, 6.45) is 0. The fourth-order valence-corrected chi connectivity index (χ4v) is 12.7. The topological polar surface area (TPSA) is 126 Å². The molecule has 8 heteroatoms. The molecule has 0 atom stereocenters. The van der Waals surface area contributed by atoms with E-state index < -0.39 is 0 Å². The predicted octanol–water partition coefficient (Wildman–Crippen LogP) is 9.52. The minimum atomic E-state index is 0.925. The highest BCUT2D eigenvalue weighted by Gasteiger charge is 2.24. The minimum absolute atomic E-state index is 0.925. The summed E-state index contributed by atoms with van der Waals surface area (Å²) in [4.78, 5) is 32.1. The van der Waals surface area contributed by atoms with Gasteiger partial charge in [0.2, 0.25) is 0 Å². The van der Waals surface area contributed by atoms with E-state index in [2.05, 4.69) is 319 Å². The third-order valence-corrected chi connectivity index (χ3v) is 16.4. The molecule has 8 nitrogen and oxygen atoms in total. The van der Waals surface area contributed by atoms with Crippen molar-refractivity contribution in [1.82, 2.24) is 39.9 Å². The summed E-state index contributed by atoms with van der Waals surface area (Å²) in [5.41, 5.74) is 22.5. The molecule has 6 aromatic carbocycles. The zero-order valence-electron chi connectivity index (χ0n) is 45.6. The van der Waals surface area contributed by atoms with E-state index in [4.69, 9.17) is 0 Å². The lowest BCUT2D eigenvalue weighted by molar-refractivity contribution is 1.18. The molecule has 14 aromatic rings. The minimum Gasteiger partial charge on any atom is -0.354 e. The molecule has 16 bridgehead atoms. The molecule has 0 fully saturated rings. The maximum absolute atomic E-state index is 4.08. The lowest BCUT2D eigenvalue weighted by Crippen LogP contribution is -2.23. The Morgan fingerprint density at radius 1 is 0.119 bits per heavy atom. The van der Waals surface area contributed by atoms with Crippen LogP contribution in [0.3, 0.4) is 0 Å². The molecule has 0 saturated carbocycles. The van der Waals surface area contributed by atoms with Crippen molar-refractivity contribution >= 4 is 44.6 Å². The van der Waals surface area contributed by atoms with Crippen LogP contribution in [0.2, 0.25) is 0 Å². The SMILES string of the molecule is c1ccc(C2=c3ccc([nH]3)=C(C3=c4ccc([nH]4)=C(c4ccccc4)c4ccc([nH]4)C(c4ccccc4)=c4ccc([nH]4)=C(c4ccccc4)c4ccc3[nH]4)c3ccc([nH]3)C(c3ccccc3)=c3ccc([nH]3)=C(c3ccccc3)c3ccc2[nH]3)cc1. The van der Waals surface area contributed by atoms with Crippen LogP contribution in [-0.2, 0) is 0 Å². The first-order valence-corrected chi connectivity index (χ1v) is 28.5. The van der Waals surface area contributed by atoms with Crippen LogP contribution in [0.25, 0.3) is 44.6 Å². The second kappa shape index (κ2) is 20.3. The number of fused-ring (bicyclic) bond motifs is 16. The Labute approximate surface area is 482 Å². The highest BCUT2D eigenvalue weighted by molar-refractivity contribution is 6.03. The Bertz CT molecular complexity index is 4990. The lowest BCUT2D eigenvalue weighted by atomic mass is 9.99. The van der Waals surface area contributed by atoms with Crippen LogP contribution >= 0.6 is 0 Å². The van der Waals surface area contributed by atoms with E-state index in [1.807, 2.05) is 0 Å². The number of aromatic nitrogens is 8. The van der Waals surface area contributed by atoms with Gasteiger partial charge in [-0.25, -0.2) is 0 Å². The number of hydrogen-bond donors (Lipinski definition) is 8. The van der Waals surface area contributed by atoms with Crippen LogP contribution < -0.4 is 42.8 Å². The molecule has 0 saturated heterocycles. The van der Waals surface area contributed by atoms with Gasteiger partial charge in [0.15, 0.2) is 0 Å². The fourth-order valence-electron chi connectivity index (χ4n) is 12.7. The van der Waals surface area contributed by atoms with Crippen LogP contribution in [0.4, 0.5) is 0 Å². The average Bonchev–Trinajstić information content (AvgIpc) is 3.64. The highest BCUT2D eigenvalue weighted by atomic mass is 14.8. The van der Waals surface area contributed by atoms with E-state index in [1.165, 1.54) is 0 Å². The van der Waals surface area contributed by atoms with Gasteiger partial charge < -0.3 is 39.9 Å². The molecule has 10 heterocycles. The van der Waals surface area contributed by atoms with Crippen molar-refractivity contribution < 1.29 is 0 Å². The molecule has 8 N–H and O–H groups in total. The molecule has 2 aliphatic heterocycles. The summed E-state index contributed by atoms with van der Waals surface area (Å²) in [5.74, 6) is 0. The van der Waals surface area contributed by atoms with Crippen LogP contribution in [0.5, 0.6) is 0 Å². The normalized spacial score (nSPS) is 13.3. The van der Waals surface area contributed by atoms with Gasteiger partial charge in [-0.05, 0) is 130 Å². The standard InChI is InChI=1S/C76H54N8/c1-7-19-47(20-8-1)69-53-31-35-57(77-53)71(49-23-11-3-12-24-49)61-39-43-65(81-61)75(66-44-40-62(82-66)72(50-25-13-4-14-26-50)58-36-32-54(69)78-58)76-67-45-41-63(83-67)73(51-27-15-5-16-28-51)59-37-33-55(79-59)70(48-21-9-2-10-22-48)56-34-38-60(80-56)74(52-29-17-6-18-30-52)64-42-46-68(76)84-64/h1-46,77-84H. The van der Waals surface area contributed by atoms with Crippen LogP contribution in [0.1, 0.15) is 78.9 Å². The Hall–Kier alpha value is -11.5. The van der Waals surface area contributed by atoms with Gasteiger partial charge in [-0.3, -0.25) is 0 Å². The molecular weight excluding hydrogens is 1020 g/mol. The number of aromatic amines is 8. The number of H-pyrrole nitrogens is 8. The van der Waals surface area contributed by atoms with E-state index in [0.29, 0.717) is 0 Å². The summed E-state index contributed by atoms with van der Waals surface area (Å²) in [7, 11) is 0.